The quantitative estimate of drug-likeness (QED) is 0.824. The average Bonchev–Trinajstić information content (AvgIpc) is 2.47. The third-order valence-electron chi connectivity index (χ3n) is 7.15. The average molecular weight is 292 g/mol. The van der Waals surface area contributed by atoms with Crippen LogP contribution in [-0.2, 0) is 4.74 Å². The van der Waals surface area contributed by atoms with E-state index in [-0.39, 0.29) is 11.5 Å². The first-order valence-corrected chi connectivity index (χ1v) is 9.49. The molecule has 2 nitrogen and oxygen atoms in total. The smallest absolute Gasteiger partial charge is 0.0829 e. The summed E-state index contributed by atoms with van der Waals surface area (Å²) >= 11 is 0. The van der Waals surface area contributed by atoms with Gasteiger partial charge in [0, 0.05) is 6.61 Å². The molecule has 0 saturated heterocycles. The minimum absolute atomic E-state index is 0.200. The van der Waals surface area contributed by atoms with Gasteiger partial charge in [0.2, 0.25) is 0 Å². The van der Waals surface area contributed by atoms with E-state index in [2.05, 4.69) is 0 Å². The fourth-order valence-corrected chi connectivity index (χ4v) is 6.46. The molecule has 0 amide bonds. The van der Waals surface area contributed by atoms with Crippen LogP contribution in [0.25, 0.3) is 0 Å². The first-order valence-electron chi connectivity index (χ1n) is 9.49. The maximum Gasteiger partial charge on any atom is 0.0829 e. The van der Waals surface area contributed by atoms with E-state index < -0.39 is 0 Å². The Bertz CT molecular complexity index is 323. The van der Waals surface area contributed by atoms with Crippen molar-refractivity contribution in [3.05, 3.63) is 0 Å². The molecule has 0 heterocycles. The molecule has 120 valence electrons. The molecule has 5 rings (SSSR count). The third kappa shape index (κ3) is 2.91. The lowest BCUT2D eigenvalue weighted by Crippen LogP contribution is -2.52. The van der Waals surface area contributed by atoms with Crippen molar-refractivity contribution in [1.29, 1.82) is 0 Å². The van der Waals surface area contributed by atoms with Crippen molar-refractivity contribution in [2.24, 2.45) is 29.1 Å². The summed E-state index contributed by atoms with van der Waals surface area (Å²) in [6.45, 7) is 1.49. The first-order chi connectivity index (χ1) is 10.2. The molecule has 1 N–H and O–H groups in total. The molecule has 2 heteroatoms. The van der Waals surface area contributed by atoms with Gasteiger partial charge in [-0.15, -0.1) is 0 Å². The van der Waals surface area contributed by atoms with E-state index in [9.17, 15) is 5.11 Å². The van der Waals surface area contributed by atoms with Gasteiger partial charge in [-0.25, -0.2) is 0 Å². The summed E-state index contributed by atoms with van der Waals surface area (Å²) in [5, 5.41) is 10.8. The van der Waals surface area contributed by atoms with Crippen LogP contribution in [0, 0.1) is 29.1 Å². The van der Waals surface area contributed by atoms with Crippen LogP contribution < -0.4 is 0 Å². The van der Waals surface area contributed by atoms with Gasteiger partial charge in [0.25, 0.3) is 0 Å². The van der Waals surface area contributed by atoms with Crippen LogP contribution in [0.3, 0.4) is 0 Å². The number of rotatable bonds is 5. The molecule has 4 bridgehead atoms. The monoisotopic (exact) mass is 292 g/mol. The Labute approximate surface area is 129 Å². The zero-order valence-corrected chi connectivity index (χ0v) is 13.4. The molecule has 1 atom stereocenters. The van der Waals surface area contributed by atoms with Crippen molar-refractivity contribution < 1.29 is 9.84 Å². The molecule has 21 heavy (non-hydrogen) atoms. The summed E-state index contributed by atoms with van der Waals surface area (Å²) in [6.07, 6.45) is 14.9. The van der Waals surface area contributed by atoms with Gasteiger partial charge < -0.3 is 9.84 Å². The Morgan fingerprint density at radius 1 is 0.905 bits per heavy atom. The Hall–Kier alpha value is -0.0800. The van der Waals surface area contributed by atoms with Crippen LogP contribution in [0.15, 0.2) is 0 Å². The largest absolute Gasteiger partial charge is 0.390 e. The van der Waals surface area contributed by atoms with Gasteiger partial charge in [0.05, 0.1) is 12.7 Å². The van der Waals surface area contributed by atoms with E-state index in [1.807, 2.05) is 0 Å². The van der Waals surface area contributed by atoms with Crippen molar-refractivity contribution in [3.8, 4) is 0 Å². The lowest BCUT2D eigenvalue weighted by Gasteiger charge is -2.58. The van der Waals surface area contributed by atoms with E-state index in [1.165, 1.54) is 70.6 Å². The Balaban J connectivity index is 1.29. The van der Waals surface area contributed by atoms with Gasteiger partial charge in [0.15, 0.2) is 0 Å². The van der Waals surface area contributed by atoms with Gasteiger partial charge in [-0.3, -0.25) is 0 Å². The van der Waals surface area contributed by atoms with Gasteiger partial charge in [-0.2, -0.15) is 0 Å². The van der Waals surface area contributed by atoms with Gasteiger partial charge >= 0.3 is 0 Å². The molecular formula is C19H32O2. The summed E-state index contributed by atoms with van der Waals surface area (Å²) in [5.74, 6) is 3.53. The zero-order valence-electron chi connectivity index (χ0n) is 13.4. The maximum absolute atomic E-state index is 10.8. The zero-order chi connectivity index (χ0) is 14.3. The third-order valence-corrected chi connectivity index (χ3v) is 7.15. The fourth-order valence-electron chi connectivity index (χ4n) is 6.46. The molecule has 1 unspecified atom stereocenters. The molecule has 0 spiro atoms. The Morgan fingerprint density at radius 2 is 1.48 bits per heavy atom. The van der Waals surface area contributed by atoms with Crippen LogP contribution in [-0.4, -0.2) is 24.4 Å². The molecule has 5 aliphatic carbocycles. The molecule has 0 radical (unpaired) electrons. The topological polar surface area (TPSA) is 29.5 Å². The van der Waals surface area contributed by atoms with Crippen molar-refractivity contribution >= 4 is 0 Å². The second-order valence-electron chi connectivity index (χ2n) is 8.84. The summed E-state index contributed by atoms with van der Waals surface area (Å²) in [6, 6.07) is 0. The molecule has 5 saturated carbocycles. The number of ether oxygens (including phenoxy) is 1. The molecule has 0 aromatic heterocycles. The van der Waals surface area contributed by atoms with E-state index in [0.717, 1.165) is 30.3 Å². The van der Waals surface area contributed by atoms with Crippen LogP contribution in [0.1, 0.15) is 70.6 Å². The Kier molecular flexibility index (Phi) is 4.04. The molecule has 5 fully saturated rings. The minimum Gasteiger partial charge on any atom is -0.390 e. The molecule has 0 aromatic rings. The fraction of sp³-hybridized carbons (Fsp3) is 1.00. The van der Waals surface area contributed by atoms with Crippen LogP contribution in [0.5, 0.6) is 0 Å². The highest BCUT2D eigenvalue weighted by Gasteiger charge is 2.53. The highest BCUT2D eigenvalue weighted by atomic mass is 16.5. The van der Waals surface area contributed by atoms with E-state index in [1.54, 1.807) is 0 Å². The lowest BCUT2D eigenvalue weighted by molar-refractivity contribution is -0.141. The maximum atomic E-state index is 10.8. The Morgan fingerprint density at radius 3 is 2.05 bits per heavy atom. The summed E-state index contributed by atoms with van der Waals surface area (Å²) < 4.78 is 5.97. The normalized spacial score (nSPS) is 44.1. The number of hydrogen-bond acceptors (Lipinski definition) is 2. The molecular weight excluding hydrogens is 260 g/mol. The second kappa shape index (κ2) is 5.85. The molecule has 0 aliphatic heterocycles. The van der Waals surface area contributed by atoms with Crippen molar-refractivity contribution in [2.45, 2.75) is 76.7 Å². The van der Waals surface area contributed by atoms with Crippen LogP contribution in [0.4, 0.5) is 0 Å². The van der Waals surface area contributed by atoms with Gasteiger partial charge in [0.1, 0.15) is 0 Å². The van der Waals surface area contributed by atoms with E-state index in [4.69, 9.17) is 4.74 Å². The molecule has 0 aromatic carbocycles. The lowest BCUT2D eigenvalue weighted by atomic mass is 9.48. The number of aliphatic hydroxyl groups is 1. The van der Waals surface area contributed by atoms with Crippen LogP contribution in [0.2, 0.25) is 0 Å². The minimum atomic E-state index is -0.200. The number of aliphatic hydroxyl groups excluding tert-OH is 1. The standard InChI is InChI=1S/C19H32O2/c20-18(13-21-12-14-4-2-1-3-5-14)19-9-15-6-16(10-19)8-17(7-15)11-19/h14-18,20H,1-13H2. The predicted octanol–water partition coefficient (Wildman–Crippen LogP) is 4.16. The van der Waals surface area contributed by atoms with Crippen molar-refractivity contribution in [3.63, 3.8) is 0 Å². The van der Waals surface area contributed by atoms with E-state index >= 15 is 0 Å². The van der Waals surface area contributed by atoms with Crippen molar-refractivity contribution in [2.75, 3.05) is 13.2 Å². The summed E-state index contributed by atoms with van der Waals surface area (Å²) in [5.41, 5.74) is 0.237. The van der Waals surface area contributed by atoms with Crippen LogP contribution >= 0.6 is 0 Å². The van der Waals surface area contributed by atoms with Gasteiger partial charge in [-0.05, 0) is 80.5 Å². The predicted molar refractivity (Wildman–Crippen MR) is 84.0 cm³/mol. The highest BCUT2D eigenvalue weighted by Crippen LogP contribution is 2.61. The van der Waals surface area contributed by atoms with Crippen molar-refractivity contribution in [1.82, 2.24) is 0 Å². The van der Waals surface area contributed by atoms with Gasteiger partial charge in [-0.1, -0.05) is 19.3 Å². The first kappa shape index (κ1) is 14.5. The van der Waals surface area contributed by atoms with E-state index in [0.29, 0.717) is 6.61 Å². The molecule has 5 aliphatic rings. The SMILES string of the molecule is OC(COCC1CCCCC1)C12CC3CC(CC(C3)C1)C2. The summed E-state index contributed by atoms with van der Waals surface area (Å²) in [7, 11) is 0. The summed E-state index contributed by atoms with van der Waals surface area (Å²) in [4.78, 5) is 0. The highest BCUT2D eigenvalue weighted by molar-refractivity contribution is 5.04. The number of hydrogen-bond donors (Lipinski definition) is 1. The second-order valence-corrected chi connectivity index (χ2v) is 8.84.